The summed E-state index contributed by atoms with van der Waals surface area (Å²) in [6.45, 7) is 11.3. The molecule has 0 N–H and O–H groups in total. The topological polar surface area (TPSA) is 3.24 Å². The summed E-state index contributed by atoms with van der Waals surface area (Å²) in [5, 5.41) is 0. The monoisotopic (exact) mass is 195 g/mol. The van der Waals surface area contributed by atoms with E-state index in [4.69, 9.17) is 0 Å². The third-order valence-electron chi connectivity index (χ3n) is 3.70. The van der Waals surface area contributed by atoms with E-state index in [9.17, 15) is 0 Å². The molecule has 0 radical (unpaired) electrons. The minimum absolute atomic E-state index is 0.878. The Bertz CT molecular complexity index is 186. The van der Waals surface area contributed by atoms with Crippen molar-refractivity contribution in [2.45, 2.75) is 39.5 Å². The summed E-state index contributed by atoms with van der Waals surface area (Å²) in [5.74, 6) is 1.76. The number of allylic oxidation sites excluding steroid dienone is 1. The van der Waals surface area contributed by atoms with Crippen molar-refractivity contribution in [3.05, 3.63) is 12.2 Å². The molecule has 0 aromatic heterocycles. The van der Waals surface area contributed by atoms with Crippen LogP contribution in [-0.2, 0) is 0 Å². The van der Waals surface area contributed by atoms with E-state index in [0.29, 0.717) is 0 Å². The maximum Gasteiger partial charge on any atom is -0.00189 e. The van der Waals surface area contributed by atoms with E-state index in [-0.39, 0.29) is 0 Å². The zero-order valence-electron chi connectivity index (χ0n) is 10.1. The van der Waals surface area contributed by atoms with Gasteiger partial charge in [0.15, 0.2) is 0 Å². The number of hydrogen-bond donors (Lipinski definition) is 0. The maximum atomic E-state index is 4.14. The Morgan fingerprint density at radius 1 is 1.36 bits per heavy atom. The highest BCUT2D eigenvalue weighted by Gasteiger charge is 2.21. The van der Waals surface area contributed by atoms with Crippen LogP contribution in [0.1, 0.15) is 39.5 Å². The van der Waals surface area contributed by atoms with Crippen LogP contribution in [0.25, 0.3) is 0 Å². The second kappa shape index (κ2) is 5.55. The molecule has 1 nitrogen and oxygen atoms in total. The van der Waals surface area contributed by atoms with Crippen LogP contribution in [0, 0.1) is 11.8 Å². The van der Waals surface area contributed by atoms with Gasteiger partial charge in [0, 0.05) is 0 Å². The van der Waals surface area contributed by atoms with Crippen molar-refractivity contribution in [1.82, 2.24) is 4.90 Å². The van der Waals surface area contributed by atoms with Gasteiger partial charge in [-0.25, -0.2) is 0 Å². The molecule has 0 aromatic rings. The molecule has 1 heteroatoms. The number of hydrogen-bond acceptors (Lipinski definition) is 1. The zero-order valence-corrected chi connectivity index (χ0v) is 10.1. The normalized spacial score (nSPS) is 29.9. The van der Waals surface area contributed by atoms with Gasteiger partial charge < -0.3 is 4.90 Å². The fourth-order valence-corrected chi connectivity index (χ4v) is 2.26. The van der Waals surface area contributed by atoms with Crippen LogP contribution in [-0.4, -0.2) is 25.0 Å². The summed E-state index contributed by atoms with van der Waals surface area (Å²) in [6.07, 6.45) is 5.12. The van der Waals surface area contributed by atoms with Gasteiger partial charge in [0.1, 0.15) is 0 Å². The smallest absolute Gasteiger partial charge is 0.00189 e. The molecule has 0 saturated carbocycles. The number of rotatable bonds is 3. The highest BCUT2D eigenvalue weighted by atomic mass is 15.1. The van der Waals surface area contributed by atoms with Gasteiger partial charge in [-0.2, -0.15) is 0 Å². The van der Waals surface area contributed by atoms with E-state index in [0.717, 1.165) is 18.3 Å². The quantitative estimate of drug-likeness (QED) is 0.624. The summed E-state index contributed by atoms with van der Waals surface area (Å²) in [5.41, 5.74) is 1.44. The van der Waals surface area contributed by atoms with Crippen LogP contribution in [0.2, 0.25) is 0 Å². The Morgan fingerprint density at radius 2 is 2.00 bits per heavy atom. The largest absolute Gasteiger partial charge is 0.306 e. The van der Waals surface area contributed by atoms with Gasteiger partial charge >= 0.3 is 0 Å². The van der Waals surface area contributed by atoms with Gasteiger partial charge in [-0.05, 0) is 57.7 Å². The molecule has 0 bridgehead atoms. The molecular weight excluding hydrogens is 170 g/mol. The van der Waals surface area contributed by atoms with E-state index >= 15 is 0 Å². The molecule has 1 fully saturated rings. The molecule has 0 aromatic carbocycles. The van der Waals surface area contributed by atoms with Crippen LogP contribution >= 0.6 is 0 Å². The van der Waals surface area contributed by atoms with Crippen molar-refractivity contribution in [1.29, 1.82) is 0 Å². The summed E-state index contributed by atoms with van der Waals surface area (Å²) in [7, 11) is 2.24. The molecule has 1 aliphatic heterocycles. The molecule has 14 heavy (non-hydrogen) atoms. The Kier molecular flexibility index (Phi) is 4.67. The summed E-state index contributed by atoms with van der Waals surface area (Å²) < 4.78 is 0. The molecule has 2 unspecified atom stereocenters. The lowest BCUT2D eigenvalue weighted by atomic mass is 9.84. The van der Waals surface area contributed by atoms with Crippen molar-refractivity contribution in [2.24, 2.45) is 11.8 Å². The van der Waals surface area contributed by atoms with Crippen molar-refractivity contribution >= 4 is 0 Å². The fraction of sp³-hybridized carbons (Fsp3) is 0.846. The third kappa shape index (κ3) is 3.45. The fourth-order valence-electron chi connectivity index (χ4n) is 2.26. The van der Waals surface area contributed by atoms with Crippen LogP contribution in [0.4, 0.5) is 0 Å². The Labute approximate surface area is 89.2 Å². The average Bonchev–Trinajstić information content (AvgIpc) is 2.33. The highest BCUT2D eigenvalue weighted by molar-refractivity contribution is 4.95. The van der Waals surface area contributed by atoms with Crippen LogP contribution in [0.5, 0.6) is 0 Å². The highest BCUT2D eigenvalue weighted by Crippen LogP contribution is 2.29. The van der Waals surface area contributed by atoms with E-state index in [1.54, 1.807) is 0 Å². The van der Waals surface area contributed by atoms with E-state index in [1.807, 2.05) is 0 Å². The molecule has 1 heterocycles. The molecule has 1 saturated heterocycles. The first-order valence-electron chi connectivity index (χ1n) is 5.98. The number of nitrogens with zero attached hydrogens (tertiary/aromatic N) is 1. The first kappa shape index (κ1) is 11.8. The van der Waals surface area contributed by atoms with Crippen molar-refractivity contribution in [3.63, 3.8) is 0 Å². The van der Waals surface area contributed by atoms with E-state index in [2.05, 4.69) is 32.4 Å². The lowest BCUT2D eigenvalue weighted by Crippen LogP contribution is -2.18. The summed E-state index contributed by atoms with van der Waals surface area (Å²) in [4.78, 5) is 2.46. The van der Waals surface area contributed by atoms with Gasteiger partial charge in [-0.15, -0.1) is 0 Å². The number of likely N-dealkylation sites (tertiary alicyclic amines) is 1. The first-order chi connectivity index (χ1) is 6.63. The minimum Gasteiger partial charge on any atom is -0.306 e. The average molecular weight is 195 g/mol. The molecular formula is C13H25N. The SMILES string of the molecule is C=C(CC)CC1CCN(C)CCC1C. The molecule has 0 amide bonds. The van der Waals surface area contributed by atoms with Crippen LogP contribution in [0.3, 0.4) is 0 Å². The summed E-state index contributed by atoms with van der Waals surface area (Å²) in [6, 6.07) is 0. The Morgan fingerprint density at radius 3 is 2.64 bits per heavy atom. The van der Waals surface area contributed by atoms with E-state index < -0.39 is 0 Å². The summed E-state index contributed by atoms with van der Waals surface area (Å²) >= 11 is 0. The Balaban J connectivity index is 2.45. The second-order valence-corrected chi connectivity index (χ2v) is 4.93. The first-order valence-corrected chi connectivity index (χ1v) is 5.98. The minimum atomic E-state index is 0.878. The lowest BCUT2D eigenvalue weighted by molar-refractivity contribution is 0.338. The molecule has 0 aliphatic carbocycles. The molecule has 1 aliphatic rings. The molecule has 1 rings (SSSR count). The van der Waals surface area contributed by atoms with Crippen molar-refractivity contribution in [2.75, 3.05) is 20.1 Å². The van der Waals surface area contributed by atoms with Crippen LogP contribution in [0.15, 0.2) is 12.2 Å². The van der Waals surface area contributed by atoms with Gasteiger partial charge in [-0.1, -0.05) is 26.0 Å². The Hall–Kier alpha value is -0.300. The third-order valence-corrected chi connectivity index (χ3v) is 3.70. The zero-order chi connectivity index (χ0) is 10.6. The van der Waals surface area contributed by atoms with Gasteiger partial charge in [0.05, 0.1) is 0 Å². The second-order valence-electron chi connectivity index (χ2n) is 4.93. The molecule has 2 atom stereocenters. The lowest BCUT2D eigenvalue weighted by Gasteiger charge is -2.21. The van der Waals surface area contributed by atoms with Crippen molar-refractivity contribution in [3.8, 4) is 0 Å². The van der Waals surface area contributed by atoms with Gasteiger partial charge in [0.25, 0.3) is 0 Å². The van der Waals surface area contributed by atoms with E-state index in [1.165, 1.54) is 37.9 Å². The molecule has 0 spiro atoms. The van der Waals surface area contributed by atoms with Gasteiger partial charge in [0.2, 0.25) is 0 Å². The predicted octanol–water partition coefficient (Wildman–Crippen LogP) is 3.32. The van der Waals surface area contributed by atoms with Crippen molar-refractivity contribution < 1.29 is 0 Å². The maximum absolute atomic E-state index is 4.14. The van der Waals surface area contributed by atoms with Crippen LogP contribution < -0.4 is 0 Å². The standard InChI is InChI=1S/C13H25N/c1-5-11(2)10-13-7-9-14(4)8-6-12(13)3/h12-13H,2,5-10H2,1,3-4H3. The van der Waals surface area contributed by atoms with Gasteiger partial charge in [-0.3, -0.25) is 0 Å². The molecule has 82 valence electrons. The predicted molar refractivity (Wildman–Crippen MR) is 63.4 cm³/mol.